The van der Waals surface area contributed by atoms with E-state index < -0.39 is 24.0 Å². The first kappa shape index (κ1) is 14.9. The molecule has 2 heterocycles. The van der Waals surface area contributed by atoms with Crippen molar-refractivity contribution in [3.63, 3.8) is 0 Å². The minimum absolute atomic E-state index is 0.0541. The number of halogens is 6. The summed E-state index contributed by atoms with van der Waals surface area (Å²) in [5.41, 5.74) is -1.03. The summed E-state index contributed by atoms with van der Waals surface area (Å²) in [4.78, 5) is 4.93. The van der Waals surface area contributed by atoms with Crippen molar-refractivity contribution >= 4 is 5.82 Å². The van der Waals surface area contributed by atoms with Crippen molar-refractivity contribution in [1.82, 2.24) is 4.98 Å². The van der Waals surface area contributed by atoms with Gasteiger partial charge in [-0.1, -0.05) is 6.07 Å². The standard InChI is InChI=1S/C12H12F6N2/c13-11(14,15)8-4-6-20(7-5-8)10-3-1-2-9(19-10)12(16,17)18/h1-3,8H,4-7H2. The van der Waals surface area contributed by atoms with E-state index in [1.165, 1.54) is 17.0 Å². The van der Waals surface area contributed by atoms with Crippen LogP contribution in [-0.2, 0) is 6.18 Å². The summed E-state index contributed by atoms with van der Waals surface area (Å²) in [7, 11) is 0. The molecule has 0 aliphatic carbocycles. The van der Waals surface area contributed by atoms with E-state index in [0.717, 1.165) is 6.07 Å². The average molecular weight is 298 g/mol. The van der Waals surface area contributed by atoms with E-state index in [9.17, 15) is 26.3 Å². The number of alkyl halides is 6. The predicted octanol–water partition coefficient (Wildman–Crippen LogP) is 3.88. The number of hydrogen-bond acceptors (Lipinski definition) is 2. The molecule has 20 heavy (non-hydrogen) atoms. The number of anilines is 1. The molecule has 2 nitrogen and oxygen atoms in total. The number of pyridine rings is 1. The van der Waals surface area contributed by atoms with Gasteiger partial charge in [-0.25, -0.2) is 4.98 Å². The zero-order chi connectivity index (χ0) is 15.0. The molecule has 1 saturated heterocycles. The molecule has 1 aliphatic rings. The summed E-state index contributed by atoms with van der Waals surface area (Å²) < 4.78 is 75.1. The van der Waals surface area contributed by atoms with Crippen molar-refractivity contribution < 1.29 is 26.3 Å². The SMILES string of the molecule is FC(F)(F)c1cccc(N2CCC(C(F)(F)F)CC2)n1. The fourth-order valence-electron chi connectivity index (χ4n) is 2.19. The Morgan fingerprint density at radius 2 is 1.60 bits per heavy atom. The first-order valence-corrected chi connectivity index (χ1v) is 6.04. The third-order valence-corrected chi connectivity index (χ3v) is 3.31. The third-order valence-electron chi connectivity index (χ3n) is 3.31. The lowest BCUT2D eigenvalue weighted by Gasteiger charge is -2.33. The summed E-state index contributed by atoms with van der Waals surface area (Å²) >= 11 is 0. The van der Waals surface area contributed by atoms with Gasteiger partial charge in [0, 0.05) is 13.1 Å². The van der Waals surface area contributed by atoms with E-state index in [2.05, 4.69) is 4.98 Å². The van der Waals surface area contributed by atoms with E-state index in [1.807, 2.05) is 0 Å². The second-order valence-electron chi connectivity index (χ2n) is 4.68. The Labute approximate surface area is 111 Å². The fourth-order valence-corrected chi connectivity index (χ4v) is 2.19. The van der Waals surface area contributed by atoms with Gasteiger partial charge >= 0.3 is 12.4 Å². The second kappa shape index (κ2) is 5.14. The Kier molecular flexibility index (Phi) is 3.84. The van der Waals surface area contributed by atoms with Gasteiger partial charge in [-0.2, -0.15) is 26.3 Å². The van der Waals surface area contributed by atoms with Gasteiger partial charge < -0.3 is 4.90 Å². The van der Waals surface area contributed by atoms with E-state index in [-0.39, 0.29) is 31.7 Å². The molecular weight excluding hydrogens is 286 g/mol. The summed E-state index contributed by atoms with van der Waals surface area (Å²) in [6.45, 7) is 0.108. The Hall–Kier alpha value is -1.47. The average Bonchev–Trinajstić information content (AvgIpc) is 2.37. The minimum Gasteiger partial charge on any atom is -0.357 e. The quantitative estimate of drug-likeness (QED) is 0.731. The van der Waals surface area contributed by atoms with Crippen LogP contribution in [0.3, 0.4) is 0 Å². The first-order valence-electron chi connectivity index (χ1n) is 6.04. The lowest BCUT2D eigenvalue weighted by molar-refractivity contribution is -0.179. The van der Waals surface area contributed by atoms with Crippen molar-refractivity contribution in [2.45, 2.75) is 25.2 Å². The first-order chi connectivity index (χ1) is 9.18. The molecule has 1 aliphatic heterocycles. The maximum absolute atomic E-state index is 12.5. The lowest BCUT2D eigenvalue weighted by Crippen LogP contribution is -2.39. The third kappa shape index (κ3) is 3.34. The smallest absolute Gasteiger partial charge is 0.357 e. The van der Waals surface area contributed by atoms with Gasteiger partial charge in [0.15, 0.2) is 0 Å². The van der Waals surface area contributed by atoms with Gasteiger partial charge in [-0.15, -0.1) is 0 Å². The zero-order valence-corrected chi connectivity index (χ0v) is 10.3. The Morgan fingerprint density at radius 3 is 2.10 bits per heavy atom. The maximum Gasteiger partial charge on any atom is 0.433 e. The van der Waals surface area contributed by atoms with Gasteiger partial charge in [-0.3, -0.25) is 0 Å². The van der Waals surface area contributed by atoms with E-state index in [1.54, 1.807) is 0 Å². The Balaban J connectivity index is 2.08. The number of aromatic nitrogens is 1. The van der Waals surface area contributed by atoms with Gasteiger partial charge in [0.2, 0.25) is 0 Å². The van der Waals surface area contributed by atoms with Crippen molar-refractivity contribution in [1.29, 1.82) is 0 Å². The highest BCUT2D eigenvalue weighted by molar-refractivity contribution is 5.40. The summed E-state index contributed by atoms with van der Waals surface area (Å²) in [6, 6.07) is 3.43. The van der Waals surface area contributed by atoms with Crippen LogP contribution in [0.2, 0.25) is 0 Å². The second-order valence-corrected chi connectivity index (χ2v) is 4.68. The van der Waals surface area contributed by atoms with Crippen LogP contribution in [0.25, 0.3) is 0 Å². The largest absolute Gasteiger partial charge is 0.433 e. The summed E-state index contributed by atoms with van der Waals surface area (Å²) in [5.74, 6) is -1.31. The monoisotopic (exact) mass is 298 g/mol. The molecule has 112 valence electrons. The van der Waals surface area contributed by atoms with Crippen LogP contribution in [-0.4, -0.2) is 24.2 Å². The molecule has 0 radical (unpaired) electrons. The molecule has 0 unspecified atom stereocenters. The van der Waals surface area contributed by atoms with E-state index in [0.29, 0.717) is 0 Å². The Bertz CT molecular complexity index is 460. The van der Waals surface area contributed by atoms with E-state index in [4.69, 9.17) is 0 Å². The van der Waals surface area contributed by atoms with Gasteiger partial charge in [0.1, 0.15) is 11.5 Å². The molecule has 2 rings (SSSR count). The van der Waals surface area contributed by atoms with Crippen LogP contribution in [0.15, 0.2) is 18.2 Å². The molecule has 0 atom stereocenters. The number of rotatable bonds is 1. The van der Waals surface area contributed by atoms with Crippen molar-refractivity contribution in [3.05, 3.63) is 23.9 Å². The Morgan fingerprint density at radius 1 is 1.00 bits per heavy atom. The number of hydrogen-bond donors (Lipinski definition) is 0. The van der Waals surface area contributed by atoms with E-state index >= 15 is 0 Å². The molecular formula is C12H12F6N2. The molecule has 1 aromatic heterocycles. The molecule has 0 amide bonds. The lowest BCUT2D eigenvalue weighted by atomic mass is 9.96. The maximum atomic E-state index is 12.5. The number of nitrogens with zero attached hydrogens (tertiary/aromatic N) is 2. The normalized spacial score (nSPS) is 18.4. The fraction of sp³-hybridized carbons (Fsp3) is 0.583. The van der Waals surface area contributed by atoms with Crippen molar-refractivity contribution in [3.8, 4) is 0 Å². The molecule has 0 aromatic carbocycles. The van der Waals surface area contributed by atoms with Crippen LogP contribution in [0.5, 0.6) is 0 Å². The van der Waals surface area contributed by atoms with Gasteiger partial charge in [0.25, 0.3) is 0 Å². The molecule has 1 fully saturated rings. The highest BCUT2D eigenvalue weighted by Crippen LogP contribution is 2.35. The summed E-state index contributed by atoms with van der Waals surface area (Å²) in [5, 5.41) is 0. The molecule has 0 N–H and O–H groups in total. The molecule has 8 heteroatoms. The number of piperidine rings is 1. The molecule has 0 spiro atoms. The predicted molar refractivity (Wildman–Crippen MR) is 60.2 cm³/mol. The van der Waals surface area contributed by atoms with Crippen molar-refractivity contribution in [2.75, 3.05) is 18.0 Å². The van der Waals surface area contributed by atoms with Crippen LogP contribution < -0.4 is 4.90 Å². The highest BCUT2D eigenvalue weighted by atomic mass is 19.4. The van der Waals surface area contributed by atoms with Gasteiger partial charge in [-0.05, 0) is 25.0 Å². The zero-order valence-electron chi connectivity index (χ0n) is 10.3. The summed E-state index contributed by atoms with van der Waals surface area (Å²) in [6.07, 6.45) is -9.05. The van der Waals surface area contributed by atoms with Gasteiger partial charge in [0.05, 0.1) is 5.92 Å². The molecule has 0 bridgehead atoms. The van der Waals surface area contributed by atoms with Crippen LogP contribution in [0.1, 0.15) is 18.5 Å². The molecule has 0 saturated carbocycles. The van der Waals surface area contributed by atoms with Crippen LogP contribution in [0, 0.1) is 5.92 Å². The van der Waals surface area contributed by atoms with Crippen molar-refractivity contribution in [2.24, 2.45) is 5.92 Å². The highest BCUT2D eigenvalue weighted by Gasteiger charge is 2.41. The topological polar surface area (TPSA) is 16.1 Å². The van der Waals surface area contributed by atoms with Crippen LogP contribution in [0.4, 0.5) is 32.2 Å². The minimum atomic E-state index is -4.56. The van der Waals surface area contributed by atoms with Crippen LogP contribution >= 0.6 is 0 Å². The molecule has 1 aromatic rings.